The van der Waals surface area contributed by atoms with E-state index in [9.17, 15) is 0 Å². The summed E-state index contributed by atoms with van der Waals surface area (Å²) in [4.78, 5) is 2.49. The van der Waals surface area contributed by atoms with Crippen LogP contribution in [0.25, 0.3) is 0 Å². The van der Waals surface area contributed by atoms with Crippen LogP contribution < -0.4 is 5.73 Å². The molecule has 1 atom stereocenters. The smallest absolute Gasteiger partial charge is 0.0427 e. The molecule has 1 unspecified atom stereocenters. The van der Waals surface area contributed by atoms with E-state index in [0.29, 0.717) is 0 Å². The quantitative estimate of drug-likeness (QED) is 0.868. The second kappa shape index (κ2) is 5.19. The molecule has 2 heteroatoms. The van der Waals surface area contributed by atoms with Crippen molar-refractivity contribution in [2.24, 2.45) is 5.73 Å². The molecule has 1 fully saturated rings. The summed E-state index contributed by atoms with van der Waals surface area (Å²) in [6.07, 6.45) is 2.66. The van der Waals surface area contributed by atoms with Crippen molar-refractivity contribution in [3.8, 4) is 0 Å². The van der Waals surface area contributed by atoms with Gasteiger partial charge in [-0.2, -0.15) is 0 Å². The summed E-state index contributed by atoms with van der Waals surface area (Å²) in [7, 11) is 0. The standard InChI is InChI=1S/C15H24N2/c1-11-8-13(3)14(9-12(11)2)15(16)10-17-6-4-5-7-17/h8-9,15H,4-7,10,16H2,1-3H3. The SMILES string of the molecule is Cc1cc(C)c(C(N)CN2CCCC2)cc1C. The number of rotatable bonds is 3. The molecule has 2 nitrogen and oxygen atoms in total. The molecule has 0 aliphatic carbocycles. The second-order valence-electron chi connectivity index (χ2n) is 5.41. The van der Waals surface area contributed by atoms with Gasteiger partial charge in [0.25, 0.3) is 0 Å². The van der Waals surface area contributed by atoms with Crippen molar-refractivity contribution >= 4 is 0 Å². The van der Waals surface area contributed by atoms with Crippen molar-refractivity contribution in [3.05, 3.63) is 34.4 Å². The minimum atomic E-state index is 0.160. The van der Waals surface area contributed by atoms with Crippen LogP contribution in [0.1, 0.15) is 41.1 Å². The van der Waals surface area contributed by atoms with Gasteiger partial charge in [0.05, 0.1) is 0 Å². The highest BCUT2D eigenvalue weighted by atomic mass is 15.1. The molecule has 0 spiro atoms. The highest BCUT2D eigenvalue weighted by Gasteiger charge is 2.17. The molecule has 2 rings (SSSR count). The number of aryl methyl sites for hydroxylation is 3. The van der Waals surface area contributed by atoms with E-state index in [1.54, 1.807) is 0 Å². The van der Waals surface area contributed by atoms with E-state index < -0.39 is 0 Å². The van der Waals surface area contributed by atoms with E-state index in [1.807, 2.05) is 0 Å². The largest absolute Gasteiger partial charge is 0.323 e. The van der Waals surface area contributed by atoms with Crippen LogP contribution in [0.3, 0.4) is 0 Å². The van der Waals surface area contributed by atoms with Gasteiger partial charge in [0.15, 0.2) is 0 Å². The molecule has 0 amide bonds. The van der Waals surface area contributed by atoms with Gasteiger partial charge in [0.1, 0.15) is 0 Å². The van der Waals surface area contributed by atoms with E-state index in [-0.39, 0.29) is 6.04 Å². The maximum absolute atomic E-state index is 6.35. The zero-order valence-corrected chi connectivity index (χ0v) is 11.3. The zero-order chi connectivity index (χ0) is 12.4. The van der Waals surface area contributed by atoms with Crippen LogP contribution in [0.4, 0.5) is 0 Å². The van der Waals surface area contributed by atoms with Gasteiger partial charge in [-0.1, -0.05) is 12.1 Å². The first-order chi connectivity index (χ1) is 8.08. The topological polar surface area (TPSA) is 29.3 Å². The first-order valence-corrected chi connectivity index (χ1v) is 6.63. The number of benzene rings is 1. The van der Waals surface area contributed by atoms with Crippen LogP contribution in [0.15, 0.2) is 12.1 Å². The third kappa shape index (κ3) is 2.88. The van der Waals surface area contributed by atoms with E-state index in [0.717, 1.165) is 6.54 Å². The minimum absolute atomic E-state index is 0.160. The minimum Gasteiger partial charge on any atom is -0.323 e. The molecule has 0 bridgehead atoms. The predicted octanol–water partition coefficient (Wildman–Crippen LogP) is 2.71. The summed E-state index contributed by atoms with van der Waals surface area (Å²) < 4.78 is 0. The molecule has 0 saturated carbocycles. The van der Waals surface area contributed by atoms with Crippen LogP contribution in [-0.4, -0.2) is 24.5 Å². The van der Waals surface area contributed by atoms with Crippen molar-refractivity contribution in [1.82, 2.24) is 4.90 Å². The predicted molar refractivity (Wildman–Crippen MR) is 73.3 cm³/mol. The Bertz CT molecular complexity index is 392. The second-order valence-corrected chi connectivity index (χ2v) is 5.41. The lowest BCUT2D eigenvalue weighted by Crippen LogP contribution is -2.30. The Balaban J connectivity index is 2.12. The molecular weight excluding hydrogens is 208 g/mol. The molecule has 1 aliphatic rings. The average Bonchev–Trinajstić information content (AvgIpc) is 2.76. The Hall–Kier alpha value is -0.860. The Labute approximate surface area is 105 Å². The van der Waals surface area contributed by atoms with Crippen LogP contribution in [0.2, 0.25) is 0 Å². The summed E-state index contributed by atoms with van der Waals surface area (Å²) in [5, 5.41) is 0. The molecule has 17 heavy (non-hydrogen) atoms. The molecule has 1 saturated heterocycles. The number of nitrogens with two attached hydrogens (primary N) is 1. The van der Waals surface area contributed by atoms with Crippen LogP contribution >= 0.6 is 0 Å². The molecule has 1 aliphatic heterocycles. The fourth-order valence-corrected chi connectivity index (χ4v) is 2.72. The molecule has 0 radical (unpaired) electrons. The average molecular weight is 232 g/mol. The van der Waals surface area contributed by atoms with Gasteiger partial charge in [-0.3, -0.25) is 0 Å². The van der Waals surface area contributed by atoms with Crippen molar-refractivity contribution in [1.29, 1.82) is 0 Å². The van der Waals surface area contributed by atoms with Gasteiger partial charge in [-0.05, 0) is 69.0 Å². The van der Waals surface area contributed by atoms with Gasteiger partial charge < -0.3 is 10.6 Å². The Kier molecular flexibility index (Phi) is 3.85. The molecule has 1 aromatic rings. The Morgan fingerprint density at radius 2 is 1.65 bits per heavy atom. The molecule has 2 N–H and O–H groups in total. The lowest BCUT2D eigenvalue weighted by Gasteiger charge is -2.22. The van der Waals surface area contributed by atoms with Crippen LogP contribution in [0, 0.1) is 20.8 Å². The highest BCUT2D eigenvalue weighted by molar-refractivity contribution is 5.38. The fourth-order valence-electron chi connectivity index (χ4n) is 2.72. The summed E-state index contributed by atoms with van der Waals surface area (Å²) in [6, 6.07) is 4.69. The molecule has 1 aromatic carbocycles. The molecule has 1 heterocycles. The third-order valence-corrected chi connectivity index (χ3v) is 3.94. The fraction of sp³-hybridized carbons (Fsp3) is 0.600. The number of hydrogen-bond acceptors (Lipinski definition) is 2. The van der Waals surface area contributed by atoms with Gasteiger partial charge in [-0.25, -0.2) is 0 Å². The Morgan fingerprint density at radius 1 is 1.06 bits per heavy atom. The van der Waals surface area contributed by atoms with Crippen molar-refractivity contribution in [3.63, 3.8) is 0 Å². The van der Waals surface area contributed by atoms with E-state index in [2.05, 4.69) is 37.8 Å². The number of hydrogen-bond donors (Lipinski definition) is 1. The normalized spacial score (nSPS) is 18.6. The highest BCUT2D eigenvalue weighted by Crippen LogP contribution is 2.22. The van der Waals surface area contributed by atoms with Crippen LogP contribution in [0.5, 0.6) is 0 Å². The molecule has 0 aromatic heterocycles. The summed E-state index contributed by atoms with van der Waals surface area (Å²) >= 11 is 0. The van der Waals surface area contributed by atoms with Gasteiger partial charge in [0.2, 0.25) is 0 Å². The zero-order valence-electron chi connectivity index (χ0n) is 11.3. The number of likely N-dealkylation sites (tertiary alicyclic amines) is 1. The van der Waals surface area contributed by atoms with Crippen molar-refractivity contribution in [2.45, 2.75) is 39.7 Å². The summed E-state index contributed by atoms with van der Waals surface area (Å²) in [6.45, 7) is 9.95. The maximum atomic E-state index is 6.35. The third-order valence-electron chi connectivity index (χ3n) is 3.94. The van der Waals surface area contributed by atoms with Crippen molar-refractivity contribution < 1.29 is 0 Å². The maximum Gasteiger partial charge on any atom is 0.0427 e. The monoisotopic (exact) mass is 232 g/mol. The first kappa shape index (κ1) is 12.6. The lowest BCUT2D eigenvalue weighted by molar-refractivity contribution is 0.315. The Morgan fingerprint density at radius 3 is 2.29 bits per heavy atom. The summed E-state index contributed by atoms with van der Waals surface area (Å²) in [5.41, 5.74) is 11.7. The van der Waals surface area contributed by atoms with Gasteiger partial charge >= 0.3 is 0 Å². The number of nitrogens with zero attached hydrogens (tertiary/aromatic N) is 1. The van der Waals surface area contributed by atoms with Crippen LogP contribution in [-0.2, 0) is 0 Å². The van der Waals surface area contributed by atoms with E-state index >= 15 is 0 Å². The van der Waals surface area contributed by atoms with E-state index in [1.165, 1.54) is 48.2 Å². The molecule has 94 valence electrons. The van der Waals surface area contributed by atoms with Gasteiger partial charge in [0, 0.05) is 12.6 Å². The van der Waals surface area contributed by atoms with E-state index in [4.69, 9.17) is 5.73 Å². The van der Waals surface area contributed by atoms with Crippen molar-refractivity contribution in [2.75, 3.05) is 19.6 Å². The van der Waals surface area contributed by atoms with Gasteiger partial charge in [-0.15, -0.1) is 0 Å². The lowest BCUT2D eigenvalue weighted by atomic mass is 9.96. The molecular formula is C15H24N2. The summed E-state index contributed by atoms with van der Waals surface area (Å²) in [5.74, 6) is 0. The first-order valence-electron chi connectivity index (χ1n) is 6.63.